The monoisotopic (exact) mass is 271 g/mol. The summed E-state index contributed by atoms with van der Waals surface area (Å²) in [4.78, 5) is 25.2. The van der Waals surface area contributed by atoms with Gasteiger partial charge in [0.2, 0.25) is 0 Å². The predicted octanol–water partition coefficient (Wildman–Crippen LogP) is 2.12. The van der Waals surface area contributed by atoms with Crippen molar-refractivity contribution in [1.82, 2.24) is 0 Å². The summed E-state index contributed by atoms with van der Waals surface area (Å²) < 4.78 is 10.0. The summed E-state index contributed by atoms with van der Waals surface area (Å²) in [5.41, 5.74) is 8.12. The maximum atomic E-state index is 11.7. The summed E-state index contributed by atoms with van der Waals surface area (Å²) >= 11 is 1.70. The van der Waals surface area contributed by atoms with Crippen molar-refractivity contribution < 1.29 is 19.1 Å². The van der Waals surface area contributed by atoms with Crippen LogP contribution >= 0.6 is 11.8 Å². The van der Waals surface area contributed by atoms with Crippen molar-refractivity contribution in [3.05, 3.63) is 10.4 Å². The summed E-state index contributed by atoms with van der Waals surface area (Å²) in [6.07, 6.45) is -0.560. The molecule has 0 radical (unpaired) electrons. The van der Waals surface area contributed by atoms with E-state index in [4.69, 9.17) is 15.0 Å². The van der Waals surface area contributed by atoms with Crippen LogP contribution in [0.15, 0.2) is 5.11 Å². The Morgan fingerprint density at radius 2 is 2.33 bits per heavy atom. The van der Waals surface area contributed by atoms with Gasteiger partial charge in [0.25, 0.3) is 0 Å². The SMILES string of the molecule is CCOC(=O)[C@H]1CS[C@@H]2C[C@H](OC(=O)N=[N+]=[N-])[C@H]12. The van der Waals surface area contributed by atoms with Crippen molar-refractivity contribution in [2.75, 3.05) is 12.4 Å². The second-order valence-corrected chi connectivity index (χ2v) is 5.43. The minimum Gasteiger partial charge on any atom is -0.466 e. The Morgan fingerprint density at radius 3 is 3.00 bits per heavy atom. The first-order chi connectivity index (χ1) is 8.67. The summed E-state index contributed by atoms with van der Waals surface area (Å²) in [6, 6.07) is 0. The van der Waals surface area contributed by atoms with Gasteiger partial charge < -0.3 is 9.47 Å². The number of hydrogen-bond donors (Lipinski definition) is 0. The lowest BCUT2D eigenvalue weighted by Gasteiger charge is -2.40. The fourth-order valence-electron chi connectivity index (χ4n) is 2.41. The van der Waals surface area contributed by atoms with E-state index >= 15 is 0 Å². The Hall–Kier alpha value is -1.40. The molecule has 0 bridgehead atoms. The lowest BCUT2D eigenvalue weighted by Crippen LogP contribution is -2.48. The van der Waals surface area contributed by atoms with Gasteiger partial charge in [-0.1, -0.05) is 0 Å². The van der Waals surface area contributed by atoms with Crippen LogP contribution in [0, 0.1) is 11.8 Å². The number of thioether (sulfide) groups is 1. The van der Waals surface area contributed by atoms with Gasteiger partial charge in [0.05, 0.1) is 12.5 Å². The van der Waals surface area contributed by atoms with Crippen LogP contribution in [0.25, 0.3) is 10.4 Å². The normalized spacial score (nSPS) is 32.7. The number of nitrogens with zero attached hydrogens (tertiary/aromatic N) is 3. The Morgan fingerprint density at radius 1 is 1.56 bits per heavy atom. The molecule has 1 saturated heterocycles. The van der Waals surface area contributed by atoms with Crippen molar-refractivity contribution in [3.63, 3.8) is 0 Å². The highest BCUT2D eigenvalue weighted by Crippen LogP contribution is 2.51. The van der Waals surface area contributed by atoms with Gasteiger partial charge in [-0.2, -0.15) is 11.8 Å². The van der Waals surface area contributed by atoms with Crippen LogP contribution in [0.2, 0.25) is 0 Å². The molecule has 1 aliphatic carbocycles. The molecule has 0 aromatic rings. The third-order valence-electron chi connectivity index (χ3n) is 3.25. The largest absolute Gasteiger partial charge is 0.466 e. The molecule has 18 heavy (non-hydrogen) atoms. The Labute approximate surface area is 108 Å². The molecule has 2 fully saturated rings. The maximum absolute atomic E-state index is 11.7. The molecule has 2 aliphatic rings. The van der Waals surface area contributed by atoms with Crippen molar-refractivity contribution in [2.45, 2.75) is 24.7 Å². The zero-order valence-electron chi connectivity index (χ0n) is 9.81. The molecular formula is C10H13N3O4S. The van der Waals surface area contributed by atoms with Crippen molar-refractivity contribution >= 4 is 23.8 Å². The molecular weight excluding hydrogens is 258 g/mol. The molecule has 1 heterocycles. The van der Waals surface area contributed by atoms with Gasteiger partial charge in [-0.3, -0.25) is 4.79 Å². The van der Waals surface area contributed by atoms with Gasteiger partial charge in [-0.25, -0.2) is 4.79 Å². The van der Waals surface area contributed by atoms with E-state index in [0.29, 0.717) is 24.0 Å². The average molecular weight is 271 g/mol. The van der Waals surface area contributed by atoms with Gasteiger partial charge in [-0.05, 0) is 18.9 Å². The first kappa shape index (κ1) is 13.0. The number of ether oxygens (including phenoxy) is 2. The van der Waals surface area contributed by atoms with Gasteiger partial charge in [-0.15, -0.1) is 0 Å². The summed E-state index contributed by atoms with van der Waals surface area (Å²) in [7, 11) is 0. The number of amides is 1. The average Bonchev–Trinajstić information content (AvgIpc) is 2.64. The van der Waals surface area contributed by atoms with Crippen LogP contribution in [0.5, 0.6) is 0 Å². The van der Waals surface area contributed by atoms with Crippen LogP contribution < -0.4 is 0 Å². The van der Waals surface area contributed by atoms with Gasteiger partial charge in [0.15, 0.2) is 0 Å². The van der Waals surface area contributed by atoms with E-state index in [2.05, 4.69) is 10.0 Å². The van der Waals surface area contributed by atoms with Crippen LogP contribution in [-0.2, 0) is 14.3 Å². The van der Waals surface area contributed by atoms with E-state index < -0.39 is 6.09 Å². The second-order valence-electron chi connectivity index (χ2n) is 4.16. The molecule has 0 spiro atoms. The molecule has 0 N–H and O–H groups in total. The first-order valence-electron chi connectivity index (χ1n) is 5.71. The number of esters is 1. The topological polar surface area (TPSA) is 101 Å². The predicted molar refractivity (Wildman–Crippen MR) is 63.9 cm³/mol. The van der Waals surface area contributed by atoms with Crippen molar-refractivity contribution in [1.29, 1.82) is 0 Å². The quantitative estimate of drug-likeness (QED) is 0.338. The highest BCUT2D eigenvalue weighted by atomic mass is 32.2. The Balaban J connectivity index is 1.95. The molecule has 1 amide bonds. The van der Waals surface area contributed by atoms with E-state index in [1.54, 1.807) is 18.7 Å². The molecule has 1 saturated carbocycles. The summed E-state index contributed by atoms with van der Waals surface area (Å²) in [5, 5.41) is 3.20. The van der Waals surface area contributed by atoms with E-state index in [1.807, 2.05) is 0 Å². The van der Waals surface area contributed by atoms with Crippen LogP contribution in [0.4, 0.5) is 4.79 Å². The highest BCUT2D eigenvalue weighted by molar-refractivity contribution is 8.00. The smallest absolute Gasteiger partial charge is 0.397 e. The standard InChI is InChI=1S/C10H13N3O4S/c1-2-16-9(14)5-4-18-7-3-6(8(5)7)17-10(15)12-13-11/h5-8H,2-4H2,1H3/t5-,6-,7+,8-/m0/s1. The van der Waals surface area contributed by atoms with Crippen LogP contribution in [-0.4, -0.2) is 35.8 Å². The highest BCUT2D eigenvalue weighted by Gasteiger charge is 2.55. The third kappa shape index (κ3) is 2.39. The van der Waals surface area contributed by atoms with Crippen molar-refractivity contribution in [3.8, 4) is 0 Å². The number of rotatable bonds is 3. The zero-order valence-corrected chi connectivity index (χ0v) is 10.6. The zero-order chi connectivity index (χ0) is 13.1. The third-order valence-corrected chi connectivity index (χ3v) is 4.73. The maximum Gasteiger partial charge on any atom is 0.397 e. The lowest BCUT2D eigenvalue weighted by molar-refractivity contribution is -0.152. The van der Waals surface area contributed by atoms with Crippen molar-refractivity contribution in [2.24, 2.45) is 17.0 Å². The molecule has 0 aromatic carbocycles. The van der Waals surface area contributed by atoms with E-state index in [-0.39, 0.29) is 23.9 Å². The lowest BCUT2D eigenvalue weighted by atomic mass is 9.73. The molecule has 98 valence electrons. The number of fused-ring (bicyclic) bond motifs is 1. The van der Waals surface area contributed by atoms with Crippen LogP contribution in [0.3, 0.4) is 0 Å². The van der Waals surface area contributed by atoms with E-state index in [1.165, 1.54) is 0 Å². The van der Waals surface area contributed by atoms with Crippen LogP contribution in [0.1, 0.15) is 13.3 Å². The number of hydrogen-bond acceptors (Lipinski definition) is 5. The molecule has 8 heteroatoms. The number of carbonyl (C=O) groups is 2. The number of azide groups is 1. The fraction of sp³-hybridized carbons (Fsp3) is 0.800. The second kappa shape index (κ2) is 5.49. The Bertz CT molecular complexity index is 410. The van der Waals surface area contributed by atoms with E-state index in [9.17, 15) is 9.59 Å². The summed E-state index contributed by atoms with van der Waals surface area (Å²) in [6.45, 7) is 2.11. The fourth-order valence-corrected chi connectivity index (χ4v) is 4.14. The minimum atomic E-state index is -0.930. The number of carbonyl (C=O) groups excluding carboxylic acids is 2. The molecule has 0 aromatic heterocycles. The Kier molecular flexibility index (Phi) is 3.98. The molecule has 1 aliphatic heterocycles. The van der Waals surface area contributed by atoms with Gasteiger partial charge in [0, 0.05) is 26.9 Å². The molecule has 4 atom stereocenters. The van der Waals surface area contributed by atoms with Gasteiger partial charge >= 0.3 is 12.1 Å². The summed E-state index contributed by atoms with van der Waals surface area (Å²) in [5.74, 6) is 0.232. The molecule has 2 rings (SSSR count). The first-order valence-corrected chi connectivity index (χ1v) is 6.76. The minimum absolute atomic E-state index is 0.00751. The molecule has 0 unspecified atom stereocenters. The van der Waals surface area contributed by atoms with E-state index in [0.717, 1.165) is 0 Å². The molecule has 7 nitrogen and oxygen atoms in total. The van der Waals surface area contributed by atoms with Gasteiger partial charge in [0.1, 0.15) is 6.10 Å².